The molecule has 0 saturated carbocycles. The summed E-state index contributed by atoms with van der Waals surface area (Å²) in [6.45, 7) is 0. The van der Waals surface area contributed by atoms with Crippen LogP contribution in [-0.2, 0) is 0 Å². The molecule has 3 rings (SSSR count). The maximum Gasteiger partial charge on any atom is 0.258 e. The standard InChI is InChI=1S/C14H10FN3O/c15-11-7-6-10(8-12(11)16)14-17-13(18-19-14)9-4-2-1-3-5-9/h1-8H,16H2. The topological polar surface area (TPSA) is 64.9 Å². The summed E-state index contributed by atoms with van der Waals surface area (Å²) in [7, 11) is 0. The zero-order chi connectivity index (χ0) is 13.2. The van der Waals surface area contributed by atoms with Crippen LogP contribution in [0.5, 0.6) is 0 Å². The van der Waals surface area contributed by atoms with Crippen molar-refractivity contribution in [1.82, 2.24) is 10.1 Å². The van der Waals surface area contributed by atoms with Crippen LogP contribution in [-0.4, -0.2) is 10.1 Å². The molecular weight excluding hydrogens is 245 g/mol. The van der Waals surface area contributed by atoms with Crippen LogP contribution in [0.4, 0.5) is 10.1 Å². The van der Waals surface area contributed by atoms with Gasteiger partial charge in [0.1, 0.15) is 5.82 Å². The van der Waals surface area contributed by atoms with Crippen LogP contribution in [0.15, 0.2) is 53.1 Å². The molecule has 0 aliphatic carbocycles. The number of hydrogen-bond acceptors (Lipinski definition) is 4. The Kier molecular flexibility index (Phi) is 2.72. The van der Waals surface area contributed by atoms with Gasteiger partial charge >= 0.3 is 0 Å². The number of nitrogen functional groups attached to an aromatic ring is 1. The molecule has 0 amide bonds. The molecule has 5 heteroatoms. The first-order chi connectivity index (χ1) is 9.24. The smallest absolute Gasteiger partial charge is 0.258 e. The van der Waals surface area contributed by atoms with Crippen LogP contribution in [0.3, 0.4) is 0 Å². The predicted molar refractivity (Wildman–Crippen MR) is 69.5 cm³/mol. The normalized spacial score (nSPS) is 10.6. The van der Waals surface area contributed by atoms with Gasteiger partial charge in [0.05, 0.1) is 5.69 Å². The van der Waals surface area contributed by atoms with E-state index in [-0.39, 0.29) is 5.69 Å². The molecule has 0 saturated heterocycles. The monoisotopic (exact) mass is 255 g/mol. The molecule has 0 fully saturated rings. The third-order valence-electron chi connectivity index (χ3n) is 2.70. The van der Waals surface area contributed by atoms with Crippen molar-refractivity contribution in [3.63, 3.8) is 0 Å². The summed E-state index contributed by atoms with van der Waals surface area (Å²) in [6.07, 6.45) is 0. The molecule has 3 aromatic rings. The van der Waals surface area contributed by atoms with E-state index < -0.39 is 5.82 Å². The van der Waals surface area contributed by atoms with Crippen molar-refractivity contribution >= 4 is 5.69 Å². The van der Waals surface area contributed by atoms with E-state index >= 15 is 0 Å². The Labute approximate surface area is 108 Å². The second-order valence-corrected chi connectivity index (χ2v) is 4.03. The quantitative estimate of drug-likeness (QED) is 0.714. The first-order valence-electron chi connectivity index (χ1n) is 5.68. The van der Waals surface area contributed by atoms with Crippen molar-refractivity contribution in [3.05, 3.63) is 54.3 Å². The molecule has 0 aliphatic heterocycles. The summed E-state index contributed by atoms with van der Waals surface area (Å²) < 4.78 is 18.3. The van der Waals surface area contributed by atoms with Crippen LogP contribution >= 0.6 is 0 Å². The average Bonchev–Trinajstić information content (AvgIpc) is 2.93. The van der Waals surface area contributed by atoms with E-state index in [2.05, 4.69) is 10.1 Å². The highest BCUT2D eigenvalue weighted by Crippen LogP contribution is 2.24. The number of halogens is 1. The third kappa shape index (κ3) is 2.18. The molecule has 1 heterocycles. The molecule has 19 heavy (non-hydrogen) atoms. The number of anilines is 1. The van der Waals surface area contributed by atoms with Crippen molar-refractivity contribution in [2.75, 3.05) is 5.73 Å². The van der Waals surface area contributed by atoms with Gasteiger partial charge in [-0.1, -0.05) is 35.5 Å². The molecule has 4 nitrogen and oxygen atoms in total. The second-order valence-electron chi connectivity index (χ2n) is 4.03. The van der Waals surface area contributed by atoms with Crippen molar-refractivity contribution in [2.45, 2.75) is 0 Å². The highest BCUT2D eigenvalue weighted by Gasteiger charge is 2.11. The first kappa shape index (κ1) is 11.4. The van der Waals surface area contributed by atoms with Gasteiger partial charge in [-0.2, -0.15) is 4.98 Å². The minimum absolute atomic E-state index is 0.0527. The van der Waals surface area contributed by atoms with E-state index in [4.69, 9.17) is 10.3 Å². The van der Waals surface area contributed by atoms with E-state index in [0.717, 1.165) is 5.56 Å². The molecule has 0 aliphatic rings. The van der Waals surface area contributed by atoms with Gasteiger partial charge in [0.25, 0.3) is 5.89 Å². The third-order valence-corrected chi connectivity index (χ3v) is 2.70. The molecule has 1 aromatic heterocycles. The van der Waals surface area contributed by atoms with Gasteiger partial charge in [0.15, 0.2) is 0 Å². The maximum atomic E-state index is 13.1. The lowest BCUT2D eigenvalue weighted by Crippen LogP contribution is -1.90. The van der Waals surface area contributed by atoms with Gasteiger partial charge in [-0.3, -0.25) is 0 Å². The number of nitrogens with two attached hydrogens (primary N) is 1. The molecular formula is C14H10FN3O. The Bertz CT molecular complexity index is 710. The SMILES string of the molecule is Nc1cc(-c2nc(-c3ccccc3)no2)ccc1F. The van der Waals surface area contributed by atoms with Crippen molar-refractivity contribution in [3.8, 4) is 22.8 Å². The van der Waals surface area contributed by atoms with Gasteiger partial charge in [-0.05, 0) is 18.2 Å². The van der Waals surface area contributed by atoms with Crippen LogP contribution in [0.1, 0.15) is 0 Å². The number of aromatic nitrogens is 2. The van der Waals surface area contributed by atoms with E-state index in [1.807, 2.05) is 30.3 Å². The Hall–Kier alpha value is -2.69. The fraction of sp³-hybridized carbons (Fsp3) is 0. The van der Waals surface area contributed by atoms with Crippen LogP contribution in [0, 0.1) is 5.82 Å². The minimum atomic E-state index is -0.466. The summed E-state index contributed by atoms with van der Waals surface area (Å²) in [4.78, 5) is 4.27. The lowest BCUT2D eigenvalue weighted by Gasteiger charge is -1.97. The Morgan fingerprint density at radius 2 is 1.79 bits per heavy atom. The van der Waals surface area contributed by atoms with Gasteiger partial charge in [-0.25, -0.2) is 4.39 Å². The van der Waals surface area contributed by atoms with Gasteiger partial charge in [0.2, 0.25) is 5.82 Å². The lowest BCUT2D eigenvalue weighted by molar-refractivity contribution is 0.432. The van der Waals surface area contributed by atoms with Gasteiger partial charge in [-0.15, -0.1) is 0 Å². The highest BCUT2D eigenvalue weighted by atomic mass is 19.1. The van der Waals surface area contributed by atoms with E-state index in [9.17, 15) is 4.39 Å². The predicted octanol–water partition coefficient (Wildman–Crippen LogP) is 3.12. The number of benzene rings is 2. The van der Waals surface area contributed by atoms with Gasteiger partial charge in [0, 0.05) is 11.1 Å². The highest BCUT2D eigenvalue weighted by molar-refractivity contribution is 5.63. The van der Waals surface area contributed by atoms with Crippen molar-refractivity contribution in [1.29, 1.82) is 0 Å². The molecule has 0 bridgehead atoms. The summed E-state index contributed by atoms with van der Waals surface area (Å²) in [5, 5.41) is 3.89. The largest absolute Gasteiger partial charge is 0.396 e. The molecule has 0 radical (unpaired) electrons. The Morgan fingerprint density at radius 3 is 2.53 bits per heavy atom. The minimum Gasteiger partial charge on any atom is -0.396 e. The summed E-state index contributed by atoms with van der Waals surface area (Å²) in [6, 6.07) is 13.7. The van der Waals surface area contributed by atoms with E-state index in [1.165, 1.54) is 12.1 Å². The van der Waals surface area contributed by atoms with E-state index in [1.54, 1.807) is 6.07 Å². The second kappa shape index (κ2) is 4.53. The zero-order valence-corrected chi connectivity index (χ0v) is 9.88. The molecule has 0 atom stereocenters. The van der Waals surface area contributed by atoms with Crippen LogP contribution in [0.2, 0.25) is 0 Å². The molecule has 0 spiro atoms. The zero-order valence-electron chi connectivity index (χ0n) is 9.88. The number of rotatable bonds is 2. The van der Waals surface area contributed by atoms with Crippen LogP contribution in [0.25, 0.3) is 22.8 Å². The molecule has 2 aromatic carbocycles. The first-order valence-corrected chi connectivity index (χ1v) is 5.68. The fourth-order valence-electron chi connectivity index (χ4n) is 1.72. The Balaban J connectivity index is 1.99. The molecule has 94 valence electrons. The molecule has 0 unspecified atom stereocenters. The van der Waals surface area contributed by atoms with E-state index in [0.29, 0.717) is 17.3 Å². The number of hydrogen-bond donors (Lipinski definition) is 1. The fourth-order valence-corrected chi connectivity index (χ4v) is 1.72. The summed E-state index contributed by atoms with van der Waals surface area (Å²) in [5.74, 6) is 0.329. The van der Waals surface area contributed by atoms with Crippen molar-refractivity contribution in [2.24, 2.45) is 0 Å². The lowest BCUT2D eigenvalue weighted by atomic mass is 10.2. The van der Waals surface area contributed by atoms with Crippen molar-refractivity contribution < 1.29 is 8.91 Å². The number of nitrogens with zero attached hydrogens (tertiary/aromatic N) is 2. The van der Waals surface area contributed by atoms with Gasteiger partial charge < -0.3 is 10.3 Å². The maximum absolute atomic E-state index is 13.1. The average molecular weight is 255 g/mol. The Morgan fingerprint density at radius 1 is 1.00 bits per heavy atom. The van der Waals surface area contributed by atoms with Crippen LogP contribution < -0.4 is 5.73 Å². The molecule has 2 N–H and O–H groups in total. The summed E-state index contributed by atoms with van der Waals surface area (Å²) in [5.41, 5.74) is 7.01. The summed E-state index contributed by atoms with van der Waals surface area (Å²) >= 11 is 0.